The van der Waals surface area contributed by atoms with Gasteiger partial charge in [0.25, 0.3) is 0 Å². The number of allylic oxidation sites excluding steroid dienone is 1. The maximum absolute atomic E-state index is 13.7. The highest BCUT2D eigenvalue weighted by atomic mass is 16.5. The number of esters is 1. The molecule has 3 aromatic rings. The first-order valence-electron chi connectivity index (χ1n) is 13.1. The summed E-state index contributed by atoms with van der Waals surface area (Å²) in [5.74, 6) is 1.36. The van der Waals surface area contributed by atoms with Gasteiger partial charge in [0, 0.05) is 5.92 Å². The van der Waals surface area contributed by atoms with Crippen molar-refractivity contribution in [1.82, 2.24) is 10.3 Å². The molecule has 184 valence electrons. The summed E-state index contributed by atoms with van der Waals surface area (Å²) in [6.45, 7) is 5.42. The fraction of sp³-hybridized carbons (Fsp3) is 0.467. The summed E-state index contributed by atoms with van der Waals surface area (Å²) in [6.07, 6.45) is 10.1. The van der Waals surface area contributed by atoms with Crippen molar-refractivity contribution in [3.05, 3.63) is 78.7 Å². The number of carbonyl (C=O) groups excluding carboxylic acids is 1. The number of rotatable bonds is 9. The van der Waals surface area contributed by atoms with Gasteiger partial charge in [0.2, 0.25) is 5.89 Å². The first-order valence-corrected chi connectivity index (χ1v) is 13.1. The maximum Gasteiger partial charge on any atom is 0.316 e. The van der Waals surface area contributed by atoms with Gasteiger partial charge in [0.05, 0.1) is 12.0 Å². The summed E-state index contributed by atoms with van der Waals surface area (Å²) in [7, 11) is 0. The minimum absolute atomic E-state index is 0.0254. The third kappa shape index (κ3) is 5.06. The van der Waals surface area contributed by atoms with E-state index in [4.69, 9.17) is 9.15 Å². The van der Waals surface area contributed by atoms with Crippen molar-refractivity contribution < 1.29 is 13.9 Å². The van der Waals surface area contributed by atoms with E-state index in [1.807, 2.05) is 48.5 Å². The minimum Gasteiger partial charge on any atom is -0.461 e. The smallest absolute Gasteiger partial charge is 0.316 e. The Hall–Kier alpha value is -2.92. The molecule has 1 aromatic heterocycles. The highest BCUT2D eigenvalue weighted by Gasteiger charge is 2.47. The van der Waals surface area contributed by atoms with Gasteiger partial charge in [-0.2, -0.15) is 0 Å². The van der Waals surface area contributed by atoms with Crippen molar-refractivity contribution in [3.8, 4) is 0 Å². The van der Waals surface area contributed by atoms with Crippen LogP contribution in [0.4, 0.5) is 0 Å². The van der Waals surface area contributed by atoms with Crippen molar-refractivity contribution in [3.63, 3.8) is 0 Å². The summed E-state index contributed by atoms with van der Waals surface area (Å²) in [6, 6.07) is 18.1. The van der Waals surface area contributed by atoms with Gasteiger partial charge in [-0.25, -0.2) is 4.98 Å². The lowest BCUT2D eigenvalue weighted by atomic mass is 9.68. The fourth-order valence-electron chi connectivity index (χ4n) is 5.91. The summed E-state index contributed by atoms with van der Waals surface area (Å²) in [5.41, 5.74) is 2.30. The van der Waals surface area contributed by atoms with Gasteiger partial charge < -0.3 is 14.5 Å². The van der Waals surface area contributed by atoms with Crippen molar-refractivity contribution in [2.45, 2.75) is 69.4 Å². The van der Waals surface area contributed by atoms with Crippen LogP contribution in [0.1, 0.15) is 62.8 Å². The molecule has 0 amide bonds. The van der Waals surface area contributed by atoms with Crippen molar-refractivity contribution >= 4 is 17.1 Å². The predicted octanol–water partition coefficient (Wildman–Crippen LogP) is 6.33. The lowest BCUT2D eigenvalue weighted by Gasteiger charge is -2.44. The number of fused-ring (bicyclic) bond motifs is 1. The lowest BCUT2D eigenvalue weighted by molar-refractivity contribution is -0.169. The van der Waals surface area contributed by atoms with Crippen LogP contribution in [0.15, 0.2) is 71.7 Å². The number of para-hydroxylation sites is 2. The number of ether oxygens (including phenoxy) is 1. The molecule has 2 fully saturated rings. The monoisotopic (exact) mass is 472 g/mol. The number of nitrogens with zero attached hydrogens (tertiary/aromatic N) is 1. The quantitative estimate of drug-likeness (QED) is 0.171. The standard InChI is InChI=1S/C30H36N2O3/c1-2-22-20-27(24(22)16-19-31-21-28-32-25-14-8-9-15-26(25)34-28)35-29(33)30(17-10-3-4-11-18-30)23-12-6-5-7-13-23/h2,5-9,12-15,22,24,27,31H,1,3-4,10-11,16-21H2/t22?,24?,27-/m0/s1. The maximum atomic E-state index is 13.7. The highest BCUT2D eigenvalue weighted by molar-refractivity contribution is 5.83. The van der Waals surface area contributed by atoms with Crippen LogP contribution in [-0.4, -0.2) is 23.6 Å². The van der Waals surface area contributed by atoms with Crippen LogP contribution in [-0.2, 0) is 21.5 Å². The molecular weight excluding hydrogens is 436 g/mol. The van der Waals surface area contributed by atoms with Gasteiger partial charge >= 0.3 is 5.97 Å². The fourth-order valence-corrected chi connectivity index (χ4v) is 5.91. The number of hydrogen-bond donors (Lipinski definition) is 1. The van der Waals surface area contributed by atoms with E-state index in [0.717, 1.165) is 61.7 Å². The summed E-state index contributed by atoms with van der Waals surface area (Å²) < 4.78 is 12.1. The van der Waals surface area contributed by atoms with E-state index in [1.54, 1.807) is 0 Å². The number of benzene rings is 2. The molecule has 2 unspecified atom stereocenters. The van der Waals surface area contributed by atoms with Crippen LogP contribution in [0.2, 0.25) is 0 Å². The number of aromatic nitrogens is 1. The molecule has 5 heteroatoms. The average molecular weight is 473 g/mol. The molecule has 0 saturated heterocycles. The molecule has 0 radical (unpaired) electrons. The van der Waals surface area contributed by atoms with E-state index in [1.165, 1.54) is 12.8 Å². The molecule has 2 aliphatic carbocycles. The number of oxazole rings is 1. The average Bonchev–Trinajstić information content (AvgIpc) is 3.13. The van der Waals surface area contributed by atoms with Crippen molar-refractivity contribution in [2.24, 2.45) is 11.8 Å². The largest absolute Gasteiger partial charge is 0.461 e. The van der Waals surface area contributed by atoms with Gasteiger partial charge in [0.15, 0.2) is 5.58 Å². The molecule has 1 heterocycles. The topological polar surface area (TPSA) is 64.4 Å². The second-order valence-corrected chi connectivity index (χ2v) is 10.1. The van der Waals surface area contributed by atoms with E-state index >= 15 is 0 Å². The third-order valence-electron chi connectivity index (χ3n) is 8.04. The molecule has 1 N–H and O–H groups in total. The molecule has 35 heavy (non-hydrogen) atoms. The SMILES string of the molecule is C=CC1C[C@H](OC(=O)C2(c3ccccc3)CCCCCC2)C1CCNCc1nc2ccccc2o1. The Balaban J connectivity index is 1.20. The van der Waals surface area contributed by atoms with Crippen LogP contribution < -0.4 is 5.32 Å². The van der Waals surface area contributed by atoms with Crippen LogP contribution in [0.5, 0.6) is 0 Å². The zero-order chi connectivity index (χ0) is 24.1. The van der Waals surface area contributed by atoms with Gasteiger partial charge in [-0.1, -0.05) is 74.2 Å². The minimum atomic E-state index is -0.507. The molecule has 5 nitrogen and oxygen atoms in total. The lowest BCUT2D eigenvalue weighted by Crippen LogP contribution is -2.48. The molecule has 0 aliphatic heterocycles. The third-order valence-corrected chi connectivity index (χ3v) is 8.04. The first kappa shape index (κ1) is 23.8. The van der Waals surface area contributed by atoms with Gasteiger partial charge in [-0.15, -0.1) is 6.58 Å². The number of nitrogens with one attached hydrogen (secondary N) is 1. The molecule has 3 atom stereocenters. The van der Waals surface area contributed by atoms with E-state index < -0.39 is 5.41 Å². The second-order valence-electron chi connectivity index (χ2n) is 10.1. The summed E-state index contributed by atoms with van der Waals surface area (Å²) in [5, 5.41) is 3.45. The first-order chi connectivity index (χ1) is 17.2. The Bertz CT molecular complexity index is 1100. The Kier molecular flexibility index (Phi) is 7.33. The van der Waals surface area contributed by atoms with E-state index in [-0.39, 0.29) is 12.1 Å². The van der Waals surface area contributed by atoms with E-state index in [2.05, 4.69) is 29.0 Å². The predicted molar refractivity (Wildman–Crippen MR) is 138 cm³/mol. The Morgan fingerprint density at radius 2 is 1.83 bits per heavy atom. The number of carbonyl (C=O) groups is 1. The summed E-state index contributed by atoms with van der Waals surface area (Å²) in [4.78, 5) is 18.3. The molecule has 2 aromatic carbocycles. The second kappa shape index (κ2) is 10.8. The Morgan fingerprint density at radius 1 is 1.09 bits per heavy atom. The van der Waals surface area contributed by atoms with Crippen molar-refractivity contribution in [2.75, 3.05) is 6.54 Å². The molecule has 2 saturated carbocycles. The Morgan fingerprint density at radius 3 is 2.57 bits per heavy atom. The van der Waals surface area contributed by atoms with Crippen LogP contribution in [0.3, 0.4) is 0 Å². The normalized spacial score (nSPS) is 23.8. The zero-order valence-corrected chi connectivity index (χ0v) is 20.5. The number of hydrogen-bond acceptors (Lipinski definition) is 5. The van der Waals surface area contributed by atoms with Gasteiger partial charge in [-0.3, -0.25) is 4.79 Å². The summed E-state index contributed by atoms with van der Waals surface area (Å²) >= 11 is 0. The van der Waals surface area contributed by atoms with Crippen LogP contribution >= 0.6 is 0 Å². The van der Waals surface area contributed by atoms with Crippen LogP contribution in [0, 0.1) is 11.8 Å². The Labute approximate surface area is 208 Å². The highest BCUT2D eigenvalue weighted by Crippen LogP contribution is 2.44. The molecule has 0 bridgehead atoms. The molecule has 5 rings (SSSR count). The van der Waals surface area contributed by atoms with Gasteiger partial charge in [0.1, 0.15) is 11.6 Å². The van der Waals surface area contributed by atoms with Crippen LogP contribution in [0.25, 0.3) is 11.1 Å². The molecule has 0 spiro atoms. The van der Waals surface area contributed by atoms with E-state index in [9.17, 15) is 4.79 Å². The zero-order valence-electron chi connectivity index (χ0n) is 20.5. The van der Waals surface area contributed by atoms with E-state index in [0.29, 0.717) is 24.3 Å². The van der Waals surface area contributed by atoms with Crippen molar-refractivity contribution in [1.29, 1.82) is 0 Å². The molecular formula is C30H36N2O3. The van der Waals surface area contributed by atoms with Gasteiger partial charge in [-0.05, 0) is 55.8 Å². The molecule has 2 aliphatic rings.